The number of ketones is 1. The number of ether oxygens (including phenoxy) is 1. The van der Waals surface area contributed by atoms with Crippen LogP contribution in [-0.2, 0) is 14.3 Å². The van der Waals surface area contributed by atoms with Crippen LogP contribution in [0, 0.1) is 5.41 Å². The Morgan fingerprint density at radius 3 is 2.53 bits per heavy atom. The molecule has 0 aromatic heterocycles. The molecule has 0 unspecified atom stereocenters. The molecule has 0 spiro atoms. The Morgan fingerprint density at radius 2 is 2.07 bits per heavy atom. The molecule has 0 N–H and O–H groups in total. The summed E-state index contributed by atoms with van der Waals surface area (Å²) in [5, 5.41) is 0. The van der Waals surface area contributed by atoms with E-state index >= 15 is 0 Å². The molecule has 0 heterocycles. The highest BCUT2D eigenvalue weighted by atomic mass is 16.5. The molecule has 0 aromatic rings. The molecular weight excluding hydrogens is 192 g/mol. The summed E-state index contributed by atoms with van der Waals surface area (Å²) in [6.45, 7) is 4.08. The van der Waals surface area contributed by atoms with Crippen LogP contribution >= 0.6 is 0 Å². The van der Waals surface area contributed by atoms with Crippen LogP contribution in [0.25, 0.3) is 0 Å². The van der Waals surface area contributed by atoms with Crippen molar-refractivity contribution in [2.75, 3.05) is 6.61 Å². The fourth-order valence-corrected chi connectivity index (χ4v) is 2.01. The van der Waals surface area contributed by atoms with Crippen molar-refractivity contribution in [2.45, 2.75) is 39.5 Å². The first-order valence-electron chi connectivity index (χ1n) is 5.47. The third kappa shape index (κ3) is 2.67. The smallest absolute Gasteiger partial charge is 0.315 e. The van der Waals surface area contributed by atoms with Gasteiger partial charge in [-0.3, -0.25) is 9.59 Å². The zero-order valence-corrected chi connectivity index (χ0v) is 9.41. The van der Waals surface area contributed by atoms with Crippen molar-refractivity contribution in [3.63, 3.8) is 0 Å². The van der Waals surface area contributed by atoms with Crippen molar-refractivity contribution in [1.82, 2.24) is 0 Å². The van der Waals surface area contributed by atoms with Crippen LogP contribution in [0.5, 0.6) is 0 Å². The maximum absolute atomic E-state index is 11.8. The summed E-state index contributed by atoms with van der Waals surface area (Å²) >= 11 is 0. The first kappa shape index (κ1) is 12.0. The Morgan fingerprint density at radius 1 is 1.47 bits per heavy atom. The van der Waals surface area contributed by atoms with Gasteiger partial charge in [-0.2, -0.15) is 0 Å². The average molecular weight is 210 g/mol. The van der Waals surface area contributed by atoms with Crippen LogP contribution in [0.3, 0.4) is 0 Å². The second kappa shape index (κ2) is 5.10. The van der Waals surface area contributed by atoms with E-state index in [1.54, 1.807) is 6.92 Å². The zero-order valence-electron chi connectivity index (χ0n) is 9.41. The third-order valence-electron chi connectivity index (χ3n) is 2.87. The number of carbonyl (C=O) groups excluding carboxylic acids is 2. The predicted octanol–water partition coefficient (Wildman–Crippen LogP) is 2.26. The third-order valence-corrected chi connectivity index (χ3v) is 2.87. The van der Waals surface area contributed by atoms with Gasteiger partial charge in [0.15, 0.2) is 0 Å². The highest BCUT2D eigenvalue weighted by Gasteiger charge is 2.40. The van der Waals surface area contributed by atoms with Gasteiger partial charge in [-0.05, 0) is 26.7 Å². The highest BCUT2D eigenvalue weighted by Crippen LogP contribution is 2.37. The van der Waals surface area contributed by atoms with Crippen LogP contribution in [0.2, 0.25) is 0 Å². The molecule has 1 saturated carbocycles. The molecule has 3 nitrogen and oxygen atoms in total. The molecule has 1 aliphatic rings. The quantitative estimate of drug-likeness (QED) is 0.530. The molecule has 0 saturated heterocycles. The molecule has 0 radical (unpaired) electrons. The van der Waals surface area contributed by atoms with Crippen molar-refractivity contribution < 1.29 is 14.3 Å². The second-order valence-corrected chi connectivity index (χ2v) is 3.92. The van der Waals surface area contributed by atoms with E-state index < -0.39 is 5.41 Å². The molecule has 0 atom stereocenters. The molecular formula is C12H18O3. The minimum Gasteiger partial charge on any atom is -0.465 e. The normalized spacial score (nSPS) is 20.5. The van der Waals surface area contributed by atoms with Gasteiger partial charge in [0.1, 0.15) is 5.78 Å². The number of carbonyl (C=O) groups is 2. The maximum atomic E-state index is 11.8. The fraction of sp³-hybridized carbons (Fsp3) is 0.667. The van der Waals surface area contributed by atoms with E-state index in [9.17, 15) is 9.59 Å². The number of allylic oxidation sites excluding steroid dienone is 1. The average Bonchev–Trinajstić information content (AvgIpc) is 2.22. The van der Waals surface area contributed by atoms with Crippen LogP contribution in [0.1, 0.15) is 39.5 Å². The van der Waals surface area contributed by atoms with Gasteiger partial charge >= 0.3 is 5.97 Å². The fourth-order valence-electron chi connectivity index (χ4n) is 2.01. The SMILES string of the molecule is CC=CC1(C(=O)OCC)CCC(=O)CC1. The Bertz CT molecular complexity index is 269. The van der Waals surface area contributed by atoms with Crippen LogP contribution in [-0.4, -0.2) is 18.4 Å². The van der Waals surface area contributed by atoms with Gasteiger partial charge in [0.05, 0.1) is 12.0 Å². The summed E-state index contributed by atoms with van der Waals surface area (Å²) in [7, 11) is 0. The lowest BCUT2D eigenvalue weighted by atomic mass is 9.73. The summed E-state index contributed by atoms with van der Waals surface area (Å²) in [5.41, 5.74) is -0.543. The second-order valence-electron chi connectivity index (χ2n) is 3.92. The van der Waals surface area contributed by atoms with Crippen LogP contribution in [0.4, 0.5) is 0 Å². The molecule has 0 aromatic carbocycles. The van der Waals surface area contributed by atoms with E-state index in [1.165, 1.54) is 0 Å². The minimum absolute atomic E-state index is 0.185. The summed E-state index contributed by atoms with van der Waals surface area (Å²) in [4.78, 5) is 23.0. The Kier molecular flexibility index (Phi) is 4.06. The standard InChI is InChI=1S/C12H18O3/c1-3-7-12(11(14)15-4-2)8-5-10(13)6-9-12/h3,7H,4-6,8-9H2,1-2H3. The predicted molar refractivity (Wildman–Crippen MR) is 57.4 cm³/mol. The van der Waals surface area contributed by atoms with E-state index in [4.69, 9.17) is 4.74 Å². The summed E-state index contributed by atoms with van der Waals surface area (Å²) in [6, 6.07) is 0. The van der Waals surface area contributed by atoms with Gasteiger partial charge in [-0.25, -0.2) is 0 Å². The number of hydrogen-bond donors (Lipinski definition) is 0. The number of esters is 1. The van der Waals surface area contributed by atoms with E-state index in [1.807, 2.05) is 19.1 Å². The maximum Gasteiger partial charge on any atom is 0.315 e. The molecule has 1 fully saturated rings. The van der Waals surface area contributed by atoms with E-state index in [2.05, 4.69) is 0 Å². The van der Waals surface area contributed by atoms with Gasteiger partial charge in [0, 0.05) is 12.8 Å². The van der Waals surface area contributed by atoms with Gasteiger partial charge in [-0.1, -0.05) is 12.2 Å². The lowest BCUT2D eigenvalue weighted by Crippen LogP contribution is -2.35. The van der Waals surface area contributed by atoms with E-state index in [-0.39, 0.29) is 11.8 Å². The number of Topliss-reactive ketones (excluding diaryl/α,β-unsaturated/α-hetero) is 1. The van der Waals surface area contributed by atoms with Gasteiger partial charge in [-0.15, -0.1) is 0 Å². The van der Waals surface area contributed by atoms with Crippen molar-refractivity contribution in [2.24, 2.45) is 5.41 Å². The van der Waals surface area contributed by atoms with Crippen LogP contribution < -0.4 is 0 Å². The molecule has 0 aliphatic heterocycles. The molecule has 1 rings (SSSR count). The van der Waals surface area contributed by atoms with E-state index in [0.29, 0.717) is 32.3 Å². The summed E-state index contributed by atoms with van der Waals surface area (Å²) in [6.07, 6.45) is 5.92. The molecule has 3 heteroatoms. The van der Waals surface area contributed by atoms with Gasteiger partial charge < -0.3 is 4.74 Å². The largest absolute Gasteiger partial charge is 0.465 e. The van der Waals surface area contributed by atoms with Gasteiger partial charge in [0.2, 0.25) is 0 Å². The topological polar surface area (TPSA) is 43.4 Å². The van der Waals surface area contributed by atoms with E-state index in [0.717, 1.165) is 0 Å². The lowest BCUT2D eigenvalue weighted by molar-refractivity contribution is -0.154. The molecule has 0 bridgehead atoms. The van der Waals surface area contributed by atoms with Crippen LogP contribution in [0.15, 0.2) is 12.2 Å². The molecule has 15 heavy (non-hydrogen) atoms. The number of rotatable bonds is 3. The van der Waals surface area contributed by atoms with Crippen molar-refractivity contribution in [1.29, 1.82) is 0 Å². The zero-order chi connectivity index (χ0) is 11.3. The Balaban J connectivity index is 2.79. The molecule has 1 aliphatic carbocycles. The monoisotopic (exact) mass is 210 g/mol. The summed E-state index contributed by atoms with van der Waals surface area (Å²) < 4.78 is 5.07. The summed E-state index contributed by atoms with van der Waals surface area (Å²) in [5.74, 6) is 0.0648. The molecule has 0 amide bonds. The Hall–Kier alpha value is -1.12. The minimum atomic E-state index is -0.543. The Labute approximate surface area is 90.5 Å². The van der Waals surface area contributed by atoms with Gasteiger partial charge in [0.25, 0.3) is 0 Å². The molecule has 84 valence electrons. The van der Waals surface area contributed by atoms with Crippen molar-refractivity contribution in [3.05, 3.63) is 12.2 Å². The lowest BCUT2D eigenvalue weighted by Gasteiger charge is -2.31. The first-order valence-corrected chi connectivity index (χ1v) is 5.47. The highest BCUT2D eigenvalue weighted by molar-refractivity contribution is 5.85. The van der Waals surface area contributed by atoms with Crippen molar-refractivity contribution >= 4 is 11.8 Å². The first-order chi connectivity index (χ1) is 7.14. The van der Waals surface area contributed by atoms with Crippen molar-refractivity contribution in [3.8, 4) is 0 Å². The number of hydrogen-bond acceptors (Lipinski definition) is 3.